The predicted molar refractivity (Wildman–Crippen MR) is 80.1 cm³/mol. The van der Waals surface area contributed by atoms with E-state index in [-0.39, 0.29) is 12.2 Å². The van der Waals surface area contributed by atoms with Crippen LogP contribution in [0.25, 0.3) is 0 Å². The van der Waals surface area contributed by atoms with Gasteiger partial charge in [0.1, 0.15) is 0 Å². The second-order valence-corrected chi connectivity index (χ2v) is 5.83. The number of Topliss-reactive ketones (excluding diaryl/α,β-unsaturated/α-hetero) is 1. The van der Waals surface area contributed by atoms with Gasteiger partial charge in [0, 0.05) is 17.6 Å². The lowest BCUT2D eigenvalue weighted by Gasteiger charge is -2.05. The van der Waals surface area contributed by atoms with Crippen LogP contribution in [0.3, 0.4) is 0 Å². The summed E-state index contributed by atoms with van der Waals surface area (Å²) in [7, 11) is 1.81. The monoisotopic (exact) mass is 360 g/mol. The number of hydrogen-bond acceptors (Lipinski definition) is 2. The quantitative estimate of drug-likeness (QED) is 0.767. The van der Waals surface area contributed by atoms with E-state index in [1.165, 1.54) is 0 Å². The van der Waals surface area contributed by atoms with Gasteiger partial charge in [-0.2, -0.15) is 5.10 Å². The van der Waals surface area contributed by atoms with Crippen molar-refractivity contribution in [1.29, 1.82) is 0 Å². The van der Waals surface area contributed by atoms with Crippen LogP contribution in [0.15, 0.2) is 22.7 Å². The van der Waals surface area contributed by atoms with E-state index in [9.17, 15) is 4.79 Å². The number of benzene rings is 1. The molecule has 1 aromatic carbocycles. The largest absolute Gasteiger partial charge is 0.294 e. The molecule has 0 spiro atoms. The summed E-state index contributed by atoms with van der Waals surface area (Å²) in [5, 5.41) is 5.16. The van der Waals surface area contributed by atoms with Crippen molar-refractivity contribution < 1.29 is 4.79 Å². The summed E-state index contributed by atoms with van der Waals surface area (Å²) in [6.45, 7) is 1.88. The van der Waals surface area contributed by atoms with Crippen molar-refractivity contribution in [3.8, 4) is 0 Å². The maximum atomic E-state index is 12.3. The molecule has 0 aliphatic rings. The lowest BCUT2D eigenvalue weighted by molar-refractivity contribution is 0.0990. The topological polar surface area (TPSA) is 34.9 Å². The molecule has 0 saturated heterocycles. The Morgan fingerprint density at radius 1 is 1.42 bits per heavy atom. The Labute approximate surface area is 129 Å². The molecule has 19 heavy (non-hydrogen) atoms. The van der Waals surface area contributed by atoms with Gasteiger partial charge in [-0.05, 0) is 41.1 Å². The van der Waals surface area contributed by atoms with Crippen LogP contribution in [-0.2, 0) is 13.5 Å². The van der Waals surface area contributed by atoms with Crippen LogP contribution in [0.2, 0.25) is 10.0 Å². The van der Waals surface area contributed by atoms with Gasteiger partial charge in [0.15, 0.2) is 5.78 Å². The first-order valence-corrected chi connectivity index (χ1v) is 7.11. The summed E-state index contributed by atoms with van der Waals surface area (Å²) >= 11 is 15.4. The molecule has 100 valence electrons. The summed E-state index contributed by atoms with van der Waals surface area (Å²) in [5.74, 6) is -0.0869. The Balaban J connectivity index is 2.33. The number of rotatable bonds is 3. The zero-order chi connectivity index (χ0) is 14.2. The number of aryl methyl sites for hydroxylation is 2. The standard InChI is InChI=1S/C13H11BrCl2N2O/c1-7-13(14)11(18(2)17-7)6-12(19)9-5-8(15)3-4-10(9)16/h3-5H,6H2,1-2H3. The second kappa shape index (κ2) is 5.65. The Hall–Kier alpha value is -0.840. The fourth-order valence-corrected chi connectivity index (χ4v) is 2.70. The third kappa shape index (κ3) is 3.02. The molecule has 0 N–H and O–H groups in total. The maximum Gasteiger partial charge on any atom is 0.170 e. The zero-order valence-electron chi connectivity index (χ0n) is 10.4. The summed E-state index contributed by atoms with van der Waals surface area (Å²) in [6.07, 6.45) is 0.220. The smallest absolute Gasteiger partial charge is 0.170 e. The highest BCUT2D eigenvalue weighted by molar-refractivity contribution is 9.10. The SMILES string of the molecule is Cc1nn(C)c(CC(=O)c2cc(Cl)ccc2Cl)c1Br. The molecule has 1 aromatic heterocycles. The van der Waals surface area contributed by atoms with Gasteiger partial charge in [0.25, 0.3) is 0 Å². The highest BCUT2D eigenvalue weighted by atomic mass is 79.9. The molecule has 0 atom stereocenters. The average Bonchev–Trinajstić information content (AvgIpc) is 2.59. The van der Waals surface area contributed by atoms with Crippen LogP contribution in [0.5, 0.6) is 0 Å². The molecule has 0 saturated carbocycles. The number of halogens is 3. The fraction of sp³-hybridized carbons (Fsp3) is 0.231. The first-order valence-electron chi connectivity index (χ1n) is 5.56. The number of ketones is 1. The van der Waals surface area contributed by atoms with Crippen LogP contribution in [0.4, 0.5) is 0 Å². The van der Waals surface area contributed by atoms with Gasteiger partial charge in [-0.25, -0.2) is 0 Å². The summed E-state index contributed by atoms with van der Waals surface area (Å²) in [6, 6.07) is 4.87. The van der Waals surface area contributed by atoms with Crippen LogP contribution >= 0.6 is 39.1 Å². The van der Waals surface area contributed by atoms with Gasteiger partial charge in [-0.3, -0.25) is 9.48 Å². The lowest BCUT2D eigenvalue weighted by Crippen LogP contribution is -2.09. The molecule has 0 unspecified atom stereocenters. The number of nitrogens with zero attached hydrogens (tertiary/aromatic N) is 2. The fourth-order valence-electron chi connectivity index (χ4n) is 1.83. The first kappa shape index (κ1) is 14.6. The van der Waals surface area contributed by atoms with Crippen LogP contribution in [0.1, 0.15) is 21.7 Å². The molecule has 0 fully saturated rings. The molecule has 0 amide bonds. The third-order valence-electron chi connectivity index (χ3n) is 2.82. The summed E-state index contributed by atoms with van der Waals surface area (Å²) in [4.78, 5) is 12.3. The van der Waals surface area contributed by atoms with Gasteiger partial charge in [-0.1, -0.05) is 23.2 Å². The minimum absolute atomic E-state index is 0.0869. The van der Waals surface area contributed by atoms with Gasteiger partial charge >= 0.3 is 0 Å². The normalized spacial score (nSPS) is 10.8. The van der Waals surface area contributed by atoms with Crippen LogP contribution < -0.4 is 0 Å². The Morgan fingerprint density at radius 3 is 2.68 bits per heavy atom. The minimum atomic E-state index is -0.0869. The molecule has 3 nitrogen and oxygen atoms in total. The van der Waals surface area contributed by atoms with E-state index in [4.69, 9.17) is 23.2 Å². The van der Waals surface area contributed by atoms with Crippen molar-refractivity contribution in [1.82, 2.24) is 9.78 Å². The van der Waals surface area contributed by atoms with Crippen molar-refractivity contribution in [2.75, 3.05) is 0 Å². The van der Waals surface area contributed by atoms with Gasteiger partial charge in [0.2, 0.25) is 0 Å². The molecule has 0 aliphatic heterocycles. The van der Waals surface area contributed by atoms with Gasteiger partial charge < -0.3 is 0 Å². The number of carbonyl (C=O) groups excluding carboxylic acids is 1. The van der Waals surface area contributed by atoms with E-state index < -0.39 is 0 Å². The highest BCUT2D eigenvalue weighted by Crippen LogP contribution is 2.25. The number of aromatic nitrogens is 2. The second-order valence-electron chi connectivity index (χ2n) is 4.19. The van der Waals surface area contributed by atoms with E-state index in [1.54, 1.807) is 29.9 Å². The Bertz CT molecular complexity index is 652. The molecule has 6 heteroatoms. The summed E-state index contributed by atoms with van der Waals surface area (Å²) < 4.78 is 2.54. The van der Waals surface area contributed by atoms with Crippen molar-refractivity contribution in [2.24, 2.45) is 7.05 Å². The van der Waals surface area contributed by atoms with E-state index in [1.807, 2.05) is 6.92 Å². The van der Waals surface area contributed by atoms with E-state index in [2.05, 4.69) is 21.0 Å². The van der Waals surface area contributed by atoms with Crippen molar-refractivity contribution in [2.45, 2.75) is 13.3 Å². The number of carbonyl (C=O) groups is 1. The van der Waals surface area contributed by atoms with Crippen molar-refractivity contribution in [3.63, 3.8) is 0 Å². The molecular formula is C13H11BrCl2N2O. The minimum Gasteiger partial charge on any atom is -0.294 e. The molecule has 0 bridgehead atoms. The van der Waals surface area contributed by atoms with Crippen molar-refractivity contribution >= 4 is 44.9 Å². The average molecular weight is 362 g/mol. The van der Waals surface area contributed by atoms with E-state index >= 15 is 0 Å². The van der Waals surface area contributed by atoms with Gasteiger partial charge in [0.05, 0.1) is 27.3 Å². The van der Waals surface area contributed by atoms with E-state index in [0.717, 1.165) is 15.9 Å². The van der Waals surface area contributed by atoms with Crippen molar-refractivity contribution in [3.05, 3.63) is 49.7 Å². The van der Waals surface area contributed by atoms with Crippen LogP contribution in [0, 0.1) is 6.92 Å². The Morgan fingerprint density at radius 2 is 2.11 bits per heavy atom. The molecule has 0 aliphatic carbocycles. The van der Waals surface area contributed by atoms with Gasteiger partial charge in [-0.15, -0.1) is 0 Å². The van der Waals surface area contributed by atoms with Crippen LogP contribution in [-0.4, -0.2) is 15.6 Å². The number of hydrogen-bond donors (Lipinski definition) is 0. The molecule has 2 aromatic rings. The Kier molecular flexibility index (Phi) is 4.33. The molecular weight excluding hydrogens is 351 g/mol. The highest BCUT2D eigenvalue weighted by Gasteiger charge is 2.17. The first-order chi connectivity index (χ1) is 8.90. The molecule has 2 rings (SSSR count). The maximum absolute atomic E-state index is 12.3. The molecule has 0 radical (unpaired) electrons. The lowest BCUT2D eigenvalue weighted by atomic mass is 10.1. The zero-order valence-corrected chi connectivity index (χ0v) is 13.5. The molecule has 1 heterocycles. The predicted octanol–water partition coefficient (Wildman–Crippen LogP) is 4.22. The third-order valence-corrected chi connectivity index (χ3v) is 4.41. The summed E-state index contributed by atoms with van der Waals surface area (Å²) in [5.41, 5.74) is 2.10. The van der Waals surface area contributed by atoms with E-state index in [0.29, 0.717) is 15.6 Å².